The molecular formula is C17H17NO3S. The number of hydrogen-bond acceptors (Lipinski definition) is 4. The molecule has 1 heterocycles. The van der Waals surface area contributed by atoms with Crippen LogP contribution in [0, 0.1) is 0 Å². The topological polar surface area (TPSA) is 47.6 Å². The summed E-state index contributed by atoms with van der Waals surface area (Å²) in [4.78, 5) is 13.6. The van der Waals surface area contributed by atoms with Gasteiger partial charge in [0, 0.05) is 10.6 Å². The first-order chi connectivity index (χ1) is 10.7. The van der Waals surface area contributed by atoms with E-state index in [1.165, 1.54) is 0 Å². The Morgan fingerprint density at radius 1 is 1.05 bits per heavy atom. The molecule has 3 rings (SSSR count). The van der Waals surface area contributed by atoms with Gasteiger partial charge in [-0.05, 0) is 49.6 Å². The van der Waals surface area contributed by atoms with E-state index in [0.717, 1.165) is 10.6 Å². The van der Waals surface area contributed by atoms with Crippen molar-refractivity contribution in [2.45, 2.75) is 24.0 Å². The molecule has 0 aliphatic carbocycles. The zero-order valence-corrected chi connectivity index (χ0v) is 13.2. The molecule has 4 nitrogen and oxygen atoms in total. The standard InChI is InChI=1S/C17H17NO3S/c1-11-16(21-15-6-4-3-5-14(15)20-11)17(19)18-12-7-9-13(22-2)10-8-12/h3-11,16H,1-2H3,(H,18,19). The first-order valence-corrected chi connectivity index (χ1v) is 8.27. The van der Waals surface area contributed by atoms with Gasteiger partial charge in [-0.25, -0.2) is 0 Å². The summed E-state index contributed by atoms with van der Waals surface area (Å²) in [5, 5.41) is 2.87. The van der Waals surface area contributed by atoms with Crippen molar-refractivity contribution >= 4 is 23.4 Å². The summed E-state index contributed by atoms with van der Waals surface area (Å²) >= 11 is 1.66. The fourth-order valence-electron chi connectivity index (χ4n) is 2.29. The van der Waals surface area contributed by atoms with Gasteiger partial charge in [0.25, 0.3) is 5.91 Å². The minimum atomic E-state index is -0.671. The van der Waals surface area contributed by atoms with Crippen LogP contribution in [-0.2, 0) is 4.79 Å². The Balaban J connectivity index is 1.72. The Morgan fingerprint density at radius 2 is 1.68 bits per heavy atom. The van der Waals surface area contributed by atoms with Gasteiger partial charge in [0.15, 0.2) is 11.5 Å². The van der Waals surface area contributed by atoms with Crippen LogP contribution in [-0.4, -0.2) is 24.4 Å². The summed E-state index contributed by atoms with van der Waals surface area (Å²) in [6.07, 6.45) is 0.996. The molecule has 2 aromatic carbocycles. The van der Waals surface area contributed by atoms with E-state index in [4.69, 9.17) is 9.47 Å². The summed E-state index contributed by atoms with van der Waals surface area (Å²) in [5.41, 5.74) is 0.748. The molecule has 0 fully saturated rings. The van der Waals surface area contributed by atoms with E-state index < -0.39 is 6.10 Å². The predicted octanol–water partition coefficient (Wildman–Crippen LogP) is 3.58. The Bertz CT molecular complexity index is 672. The molecule has 1 aliphatic heterocycles. The van der Waals surface area contributed by atoms with Crippen LogP contribution in [0.1, 0.15) is 6.92 Å². The van der Waals surface area contributed by atoms with Gasteiger partial charge in [0.2, 0.25) is 6.10 Å². The predicted molar refractivity (Wildman–Crippen MR) is 87.8 cm³/mol. The SMILES string of the molecule is CSc1ccc(NC(=O)C2Oc3ccccc3OC2C)cc1. The summed E-state index contributed by atoms with van der Waals surface area (Å²) < 4.78 is 11.5. The number of para-hydroxylation sites is 2. The molecule has 2 unspecified atom stereocenters. The minimum absolute atomic E-state index is 0.209. The second kappa shape index (κ2) is 6.32. The lowest BCUT2D eigenvalue weighted by Crippen LogP contribution is -2.46. The molecule has 2 aromatic rings. The van der Waals surface area contributed by atoms with Crippen molar-refractivity contribution in [1.29, 1.82) is 0 Å². The first kappa shape index (κ1) is 14.8. The van der Waals surface area contributed by atoms with E-state index in [0.29, 0.717) is 11.5 Å². The van der Waals surface area contributed by atoms with Crippen LogP contribution < -0.4 is 14.8 Å². The van der Waals surface area contributed by atoms with Gasteiger partial charge in [-0.15, -0.1) is 11.8 Å². The number of anilines is 1. The largest absolute Gasteiger partial charge is 0.482 e. The van der Waals surface area contributed by atoms with Crippen molar-refractivity contribution in [2.24, 2.45) is 0 Å². The third-order valence-electron chi connectivity index (χ3n) is 3.46. The molecule has 22 heavy (non-hydrogen) atoms. The van der Waals surface area contributed by atoms with Crippen molar-refractivity contribution in [3.05, 3.63) is 48.5 Å². The zero-order chi connectivity index (χ0) is 15.5. The van der Waals surface area contributed by atoms with E-state index in [9.17, 15) is 4.79 Å². The van der Waals surface area contributed by atoms with Gasteiger partial charge in [-0.3, -0.25) is 4.79 Å². The Kier molecular flexibility index (Phi) is 4.24. The van der Waals surface area contributed by atoms with Crippen LogP contribution in [0.2, 0.25) is 0 Å². The van der Waals surface area contributed by atoms with E-state index in [2.05, 4.69) is 5.32 Å². The lowest BCUT2D eigenvalue weighted by Gasteiger charge is -2.31. The van der Waals surface area contributed by atoms with Crippen molar-refractivity contribution in [3.8, 4) is 11.5 Å². The third kappa shape index (κ3) is 3.04. The monoisotopic (exact) mass is 315 g/mol. The number of rotatable bonds is 3. The number of nitrogens with one attached hydrogen (secondary N) is 1. The van der Waals surface area contributed by atoms with E-state index in [1.807, 2.05) is 55.6 Å². The summed E-state index contributed by atoms with van der Waals surface area (Å²) in [6.45, 7) is 1.83. The van der Waals surface area contributed by atoms with E-state index >= 15 is 0 Å². The molecule has 2 atom stereocenters. The molecule has 0 radical (unpaired) electrons. The summed E-state index contributed by atoms with van der Waals surface area (Å²) in [6, 6.07) is 15.1. The van der Waals surface area contributed by atoms with Crippen LogP contribution in [0.5, 0.6) is 11.5 Å². The highest BCUT2D eigenvalue weighted by Gasteiger charge is 2.34. The molecule has 0 saturated carbocycles. The van der Waals surface area contributed by atoms with Crippen molar-refractivity contribution in [1.82, 2.24) is 0 Å². The number of amides is 1. The zero-order valence-electron chi connectivity index (χ0n) is 12.4. The molecule has 114 valence electrons. The summed E-state index contributed by atoms with van der Waals surface area (Å²) in [5.74, 6) is 1.06. The fourth-order valence-corrected chi connectivity index (χ4v) is 2.70. The number of carbonyl (C=O) groups excluding carboxylic acids is 1. The number of benzene rings is 2. The van der Waals surface area contributed by atoms with Gasteiger partial charge < -0.3 is 14.8 Å². The first-order valence-electron chi connectivity index (χ1n) is 7.04. The molecule has 1 aliphatic rings. The van der Waals surface area contributed by atoms with E-state index in [-0.39, 0.29) is 12.0 Å². The number of hydrogen-bond donors (Lipinski definition) is 1. The van der Waals surface area contributed by atoms with Crippen LogP contribution in [0.15, 0.2) is 53.4 Å². The highest BCUT2D eigenvalue weighted by Crippen LogP contribution is 2.33. The maximum Gasteiger partial charge on any atom is 0.269 e. The number of fused-ring (bicyclic) bond motifs is 1. The molecule has 0 bridgehead atoms. The second-order valence-corrected chi connectivity index (χ2v) is 5.91. The van der Waals surface area contributed by atoms with Crippen molar-refractivity contribution in [3.63, 3.8) is 0 Å². The molecule has 0 saturated heterocycles. The summed E-state index contributed by atoms with van der Waals surface area (Å²) in [7, 11) is 0. The highest BCUT2D eigenvalue weighted by atomic mass is 32.2. The minimum Gasteiger partial charge on any atom is -0.482 e. The number of carbonyl (C=O) groups is 1. The molecule has 0 spiro atoms. The highest BCUT2D eigenvalue weighted by molar-refractivity contribution is 7.98. The second-order valence-electron chi connectivity index (χ2n) is 5.03. The quantitative estimate of drug-likeness (QED) is 0.880. The Labute approximate surface area is 133 Å². The Morgan fingerprint density at radius 3 is 2.32 bits per heavy atom. The van der Waals surface area contributed by atoms with Gasteiger partial charge in [-0.1, -0.05) is 12.1 Å². The molecular weight excluding hydrogens is 298 g/mol. The van der Waals surface area contributed by atoms with Gasteiger partial charge in [0.05, 0.1) is 0 Å². The number of thioether (sulfide) groups is 1. The molecule has 1 N–H and O–H groups in total. The average molecular weight is 315 g/mol. The van der Waals surface area contributed by atoms with Gasteiger partial charge in [-0.2, -0.15) is 0 Å². The van der Waals surface area contributed by atoms with Crippen LogP contribution in [0.3, 0.4) is 0 Å². The van der Waals surface area contributed by atoms with Crippen molar-refractivity contribution < 1.29 is 14.3 Å². The normalized spacial score (nSPS) is 19.5. The molecule has 1 amide bonds. The average Bonchev–Trinajstić information content (AvgIpc) is 2.54. The maximum atomic E-state index is 12.4. The lowest BCUT2D eigenvalue weighted by atomic mass is 10.1. The van der Waals surface area contributed by atoms with Crippen molar-refractivity contribution in [2.75, 3.05) is 11.6 Å². The molecule has 5 heteroatoms. The van der Waals surface area contributed by atoms with Crippen LogP contribution in [0.4, 0.5) is 5.69 Å². The van der Waals surface area contributed by atoms with Crippen LogP contribution in [0.25, 0.3) is 0 Å². The Hall–Kier alpha value is -2.14. The lowest BCUT2D eigenvalue weighted by molar-refractivity contribution is -0.128. The van der Waals surface area contributed by atoms with Gasteiger partial charge in [0.1, 0.15) is 6.10 Å². The van der Waals surface area contributed by atoms with E-state index in [1.54, 1.807) is 17.8 Å². The van der Waals surface area contributed by atoms with Gasteiger partial charge >= 0.3 is 0 Å². The fraction of sp³-hybridized carbons (Fsp3) is 0.235. The number of ether oxygens (including phenoxy) is 2. The van der Waals surface area contributed by atoms with Crippen LogP contribution >= 0.6 is 11.8 Å². The smallest absolute Gasteiger partial charge is 0.269 e. The molecule has 0 aromatic heterocycles. The third-order valence-corrected chi connectivity index (χ3v) is 4.20. The maximum absolute atomic E-state index is 12.4.